The summed E-state index contributed by atoms with van der Waals surface area (Å²) in [6, 6.07) is 18.9. The van der Waals surface area contributed by atoms with Gasteiger partial charge >= 0.3 is 0 Å². The number of amides is 1. The number of carbonyl (C=O) groups excluding carboxylic acids is 1. The summed E-state index contributed by atoms with van der Waals surface area (Å²) < 4.78 is 0. The van der Waals surface area contributed by atoms with Crippen LogP contribution < -0.4 is 5.01 Å². The molecule has 2 aromatic carbocycles. The standard InChI is InChI=1S/C18H15N3O/c1-13-17(11-14-5-3-2-4-6-14)18(22)21(20-13)16-9-7-15(12-19)8-10-16/h2-10,17H,11H2,1H3. The Balaban J connectivity index is 1.82. The van der Waals surface area contributed by atoms with E-state index in [9.17, 15) is 4.79 Å². The Morgan fingerprint density at radius 2 is 1.82 bits per heavy atom. The Kier molecular flexibility index (Phi) is 3.71. The van der Waals surface area contributed by atoms with Crippen LogP contribution in [0.2, 0.25) is 0 Å². The van der Waals surface area contributed by atoms with Crippen LogP contribution in [0, 0.1) is 17.2 Å². The molecule has 0 aromatic heterocycles. The number of hydrazone groups is 1. The summed E-state index contributed by atoms with van der Waals surface area (Å²) in [5.41, 5.74) is 3.20. The molecule has 0 saturated heterocycles. The fraction of sp³-hybridized carbons (Fsp3) is 0.167. The van der Waals surface area contributed by atoms with E-state index in [2.05, 4.69) is 11.2 Å². The topological polar surface area (TPSA) is 56.5 Å². The monoisotopic (exact) mass is 289 g/mol. The number of nitriles is 1. The van der Waals surface area contributed by atoms with Crippen molar-refractivity contribution in [2.75, 3.05) is 5.01 Å². The van der Waals surface area contributed by atoms with E-state index in [1.54, 1.807) is 24.3 Å². The van der Waals surface area contributed by atoms with Gasteiger partial charge < -0.3 is 0 Å². The summed E-state index contributed by atoms with van der Waals surface area (Å²) in [6.45, 7) is 1.88. The largest absolute Gasteiger partial charge is 0.272 e. The molecule has 1 amide bonds. The van der Waals surface area contributed by atoms with Gasteiger partial charge in [-0.1, -0.05) is 30.3 Å². The molecule has 0 bridgehead atoms. The highest BCUT2D eigenvalue weighted by atomic mass is 16.2. The molecule has 2 aromatic rings. The zero-order valence-corrected chi connectivity index (χ0v) is 12.2. The molecule has 1 unspecified atom stereocenters. The van der Waals surface area contributed by atoms with E-state index in [0.29, 0.717) is 17.7 Å². The molecule has 0 saturated carbocycles. The first-order valence-corrected chi connectivity index (χ1v) is 7.12. The Hall–Kier alpha value is -2.93. The quantitative estimate of drug-likeness (QED) is 0.871. The van der Waals surface area contributed by atoms with Gasteiger partial charge in [0.25, 0.3) is 5.91 Å². The number of hydrogen-bond donors (Lipinski definition) is 0. The Bertz CT molecular complexity index is 757. The highest BCUT2D eigenvalue weighted by Crippen LogP contribution is 2.26. The number of hydrogen-bond acceptors (Lipinski definition) is 3. The summed E-state index contributed by atoms with van der Waals surface area (Å²) in [6.07, 6.45) is 0.655. The van der Waals surface area contributed by atoms with Crippen LogP contribution in [0.4, 0.5) is 5.69 Å². The third kappa shape index (κ3) is 2.61. The van der Waals surface area contributed by atoms with Crippen molar-refractivity contribution >= 4 is 17.3 Å². The van der Waals surface area contributed by atoms with Gasteiger partial charge in [0.1, 0.15) is 0 Å². The van der Waals surface area contributed by atoms with Crippen molar-refractivity contribution in [1.82, 2.24) is 0 Å². The second kappa shape index (κ2) is 5.82. The highest BCUT2D eigenvalue weighted by molar-refractivity contribution is 6.14. The maximum Gasteiger partial charge on any atom is 0.256 e. The van der Waals surface area contributed by atoms with Gasteiger partial charge in [0.05, 0.1) is 23.2 Å². The summed E-state index contributed by atoms with van der Waals surface area (Å²) >= 11 is 0. The van der Waals surface area contributed by atoms with Crippen molar-refractivity contribution in [3.05, 3.63) is 65.7 Å². The van der Waals surface area contributed by atoms with Crippen molar-refractivity contribution in [1.29, 1.82) is 5.26 Å². The number of benzene rings is 2. The minimum absolute atomic E-state index is 0.0222. The molecule has 0 spiro atoms. The van der Waals surface area contributed by atoms with Gasteiger partial charge in [-0.3, -0.25) is 4.79 Å². The predicted molar refractivity (Wildman–Crippen MR) is 85.4 cm³/mol. The maximum absolute atomic E-state index is 12.6. The Labute approximate surface area is 129 Å². The van der Waals surface area contributed by atoms with Crippen LogP contribution in [-0.2, 0) is 11.2 Å². The van der Waals surface area contributed by atoms with Crippen molar-refractivity contribution in [3.63, 3.8) is 0 Å². The molecule has 108 valence electrons. The van der Waals surface area contributed by atoms with E-state index in [4.69, 9.17) is 5.26 Å². The minimum Gasteiger partial charge on any atom is -0.272 e. The second-order valence-corrected chi connectivity index (χ2v) is 5.29. The van der Waals surface area contributed by atoms with Gasteiger partial charge in [-0.05, 0) is 43.2 Å². The van der Waals surface area contributed by atoms with Gasteiger partial charge in [-0.15, -0.1) is 0 Å². The maximum atomic E-state index is 12.6. The molecule has 22 heavy (non-hydrogen) atoms. The third-order valence-corrected chi connectivity index (χ3v) is 3.79. The highest BCUT2D eigenvalue weighted by Gasteiger charge is 2.34. The Morgan fingerprint density at radius 3 is 2.45 bits per heavy atom. The third-order valence-electron chi connectivity index (χ3n) is 3.79. The van der Waals surface area contributed by atoms with E-state index in [1.165, 1.54) is 5.01 Å². The van der Waals surface area contributed by atoms with Gasteiger partial charge in [0.2, 0.25) is 0 Å². The summed E-state index contributed by atoms with van der Waals surface area (Å²) in [5.74, 6) is -0.246. The molecule has 1 aliphatic rings. The van der Waals surface area contributed by atoms with Crippen molar-refractivity contribution in [3.8, 4) is 6.07 Å². The first kappa shape index (κ1) is 14.0. The van der Waals surface area contributed by atoms with Crippen LogP contribution in [-0.4, -0.2) is 11.6 Å². The lowest BCUT2D eigenvalue weighted by atomic mass is 9.95. The zero-order chi connectivity index (χ0) is 15.5. The molecule has 4 heteroatoms. The van der Waals surface area contributed by atoms with E-state index in [0.717, 1.165) is 11.3 Å². The summed E-state index contributed by atoms with van der Waals surface area (Å²) in [7, 11) is 0. The molecule has 1 aliphatic heterocycles. The van der Waals surface area contributed by atoms with Gasteiger partial charge in [-0.2, -0.15) is 10.4 Å². The SMILES string of the molecule is CC1=NN(c2ccc(C#N)cc2)C(=O)C1Cc1ccccc1. The Morgan fingerprint density at radius 1 is 1.14 bits per heavy atom. The summed E-state index contributed by atoms with van der Waals surface area (Å²) in [5, 5.41) is 14.7. The fourth-order valence-electron chi connectivity index (χ4n) is 2.55. The number of anilines is 1. The van der Waals surface area contributed by atoms with Crippen LogP contribution in [0.15, 0.2) is 59.7 Å². The molecule has 3 rings (SSSR count). The molecule has 0 N–H and O–H groups in total. The molecule has 0 fully saturated rings. The van der Waals surface area contributed by atoms with E-state index in [1.807, 2.05) is 37.3 Å². The first-order valence-electron chi connectivity index (χ1n) is 7.12. The molecule has 4 nitrogen and oxygen atoms in total. The molecular weight excluding hydrogens is 274 g/mol. The van der Waals surface area contributed by atoms with Crippen LogP contribution in [0.25, 0.3) is 0 Å². The average Bonchev–Trinajstić information content (AvgIpc) is 2.84. The van der Waals surface area contributed by atoms with Crippen molar-refractivity contribution < 1.29 is 4.79 Å². The van der Waals surface area contributed by atoms with Crippen LogP contribution in [0.1, 0.15) is 18.1 Å². The predicted octanol–water partition coefficient (Wildman–Crippen LogP) is 3.14. The number of nitrogens with zero attached hydrogens (tertiary/aromatic N) is 3. The number of rotatable bonds is 3. The van der Waals surface area contributed by atoms with Crippen molar-refractivity contribution in [2.45, 2.75) is 13.3 Å². The van der Waals surface area contributed by atoms with E-state index >= 15 is 0 Å². The van der Waals surface area contributed by atoms with Crippen molar-refractivity contribution in [2.24, 2.45) is 11.0 Å². The molecule has 1 heterocycles. The molecule has 0 aliphatic carbocycles. The van der Waals surface area contributed by atoms with E-state index < -0.39 is 0 Å². The normalized spacial score (nSPS) is 17.3. The minimum atomic E-state index is -0.224. The van der Waals surface area contributed by atoms with Crippen LogP contribution in [0.3, 0.4) is 0 Å². The zero-order valence-electron chi connectivity index (χ0n) is 12.2. The number of carbonyl (C=O) groups is 1. The molecule has 0 radical (unpaired) electrons. The van der Waals surface area contributed by atoms with Crippen LogP contribution >= 0.6 is 0 Å². The van der Waals surface area contributed by atoms with E-state index in [-0.39, 0.29) is 11.8 Å². The fourth-order valence-corrected chi connectivity index (χ4v) is 2.55. The molecular formula is C18H15N3O. The lowest BCUT2D eigenvalue weighted by Gasteiger charge is -2.14. The second-order valence-electron chi connectivity index (χ2n) is 5.29. The first-order chi connectivity index (χ1) is 10.7. The average molecular weight is 289 g/mol. The summed E-state index contributed by atoms with van der Waals surface area (Å²) in [4.78, 5) is 12.6. The lowest BCUT2D eigenvalue weighted by molar-refractivity contribution is -0.119. The van der Waals surface area contributed by atoms with Gasteiger partial charge in [0.15, 0.2) is 0 Å². The van der Waals surface area contributed by atoms with Gasteiger partial charge in [0, 0.05) is 5.71 Å². The lowest BCUT2D eigenvalue weighted by Crippen LogP contribution is -2.28. The smallest absolute Gasteiger partial charge is 0.256 e. The van der Waals surface area contributed by atoms with Crippen LogP contribution in [0.5, 0.6) is 0 Å². The van der Waals surface area contributed by atoms with Gasteiger partial charge in [-0.25, -0.2) is 5.01 Å². The molecule has 1 atom stereocenters.